The highest BCUT2D eigenvalue weighted by Gasteiger charge is 2.34. The van der Waals surface area contributed by atoms with Crippen LogP contribution in [0.1, 0.15) is 47.7 Å². The van der Waals surface area contributed by atoms with Gasteiger partial charge in [0.05, 0.1) is 35.9 Å². The van der Waals surface area contributed by atoms with Crippen molar-refractivity contribution in [2.75, 3.05) is 44.7 Å². The Bertz CT molecular complexity index is 1550. The fraction of sp³-hybridized carbons (Fsp3) is 0.500. The third-order valence-corrected chi connectivity index (χ3v) is 9.37. The number of likely N-dealkylation sites (N-methyl/N-ethyl adjacent to an activating group) is 1. The van der Waals surface area contributed by atoms with E-state index in [9.17, 15) is 10.1 Å². The summed E-state index contributed by atoms with van der Waals surface area (Å²) >= 11 is 6.89. The Labute approximate surface area is 250 Å². The molecule has 0 unspecified atom stereocenters. The van der Waals surface area contributed by atoms with Crippen LogP contribution in [0, 0.1) is 18.3 Å². The van der Waals surface area contributed by atoms with Gasteiger partial charge in [-0.05, 0) is 56.6 Å². The zero-order valence-electron chi connectivity index (χ0n) is 24.1. The topological polar surface area (TPSA) is 126 Å². The number of amides is 1. The van der Waals surface area contributed by atoms with Gasteiger partial charge < -0.3 is 24.8 Å². The lowest BCUT2D eigenvalue weighted by Crippen LogP contribution is -2.55. The van der Waals surface area contributed by atoms with Crippen LogP contribution >= 0.6 is 11.6 Å². The van der Waals surface area contributed by atoms with E-state index in [-0.39, 0.29) is 24.4 Å². The number of fused-ring (bicyclic) bond motifs is 2. The number of carbonyl (C=O) groups is 1. The molecule has 2 fully saturated rings. The predicted molar refractivity (Wildman–Crippen MR) is 160 cm³/mol. The number of hydrogen-bond donors (Lipinski definition) is 2. The summed E-state index contributed by atoms with van der Waals surface area (Å²) in [7, 11) is 2.12. The van der Waals surface area contributed by atoms with Crippen molar-refractivity contribution in [1.82, 2.24) is 35.3 Å². The van der Waals surface area contributed by atoms with Gasteiger partial charge in [0.15, 0.2) is 0 Å². The predicted octanol–water partition coefficient (Wildman–Crippen LogP) is 3.29. The zero-order chi connectivity index (χ0) is 29.4. The van der Waals surface area contributed by atoms with Crippen molar-refractivity contribution < 1.29 is 9.53 Å². The Balaban J connectivity index is 1.35. The number of nitrogens with one attached hydrogen (secondary N) is 2. The van der Waals surface area contributed by atoms with Gasteiger partial charge in [0, 0.05) is 60.7 Å². The number of hydrogen-bond acceptors (Lipinski definition) is 9. The number of ether oxygens (including phenoxy) is 1. The van der Waals surface area contributed by atoms with Crippen LogP contribution in [0.4, 0.5) is 5.82 Å². The molecule has 1 aromatic carbocycles. The van der Waals surface area contributed by atoms with Crippen molar-refractivity contribution in [3.8, 4) is 12.1 Å². The van der Waals surface area contributed by atoms with Gasteiger partial charge in [0.25, 0.3) is 0 Å². The number of anilines is 1. The smallest absolute Gasteiger partial charge is 0.318 e. The number of carbonyl (C=O) groups excluding carboxylic acids is 1. The Morgan fingerprint density at radius 1 is 1.31 bits per heavy atom. The Hall–Kier alpha value is -3.72. The molecule has 1 amide bonds. The maximum absolute atomic E-state index is 12.5. The molecule has 3 aromatic rings. The fourth-order valence-corrected chi connectivity index (χ4v) is 6.82. The van der Waals surface area contributed by atoms with Crippen molar-refractivity contribution in [2.45, 2.75) is 57.3 Å². The number of likely N-dealkylation sites (tertiary alicyclic amines) is 1. The molecule has 3 aliphatic heterocycles. The minimum absolute atomic E-state index is 0.0741. The first-order valence-electron chi connectivity index (χ1n) is 14.5. The third kappa shape index (κ3) is 5.30. The molecule has 3 aliphatic rings. The lowest BCUT2D eigenvalue weighted by molar-refractivity contribution is -0.128. The molecule has 42 heavy (non-hydrogen) atoms. The number of nitrogens with zero attached hydrogens (tertiary/aromatic N) is 7. The van der Waals surface area contributed by atoms with Crippen LogP contribution in [-0.2, 0) is 17.8 Å². The lowest BCUT2D eigenvalue weighted by Gasteiger charge is -2.42. The van der Waals surface area contributed by atoms with Crippen LogP contribution in [0.3, 0.4) is 0 Å². The lowest BCUT2D eigenvalue weighted by atomic mass is 9.92. The molecule has 0 radical (unpaired) electrons. The zero-order valence-corrected chi connectivity index (χ0v) is 24.8. The highest BCUT2D eigenvalue weighted by Crippen LogP contribution is 2.39. The number of rotatable bonds is 7. The van der Waals surface area contributed by atoms with Gasteiger partial charge in [-0.15, -0.1) is 0 Å². The quantitative estimate of drug-likeness (QED) is 0.399. The molecule has 12 heteroatoms. The standard InChI is InChI=1S/C30H36ClN9O2/c1-4-26(41)40-11-10-39(16-19(40)7-8-32)29-22-14-33-25(27-21-15-34-37-24(21)12-18(2)28(27)31)13-23(22)35-30(36-29)42-17-20-6-5-9-38(20)3/h4,12,15,19-20,25,33H,1,5-7,9-11,13-14,16-17H2,2-3H3,(H,34,37)/t19-,20-,25+/m0/s1. The van der Waals surface area contributed by atoms with E-state index in [0.717, 1.165) is 63.5 Å². The summed E-state index contributed by atoms with van der Waals surface area (Å²) in [5, 5.41) is 22.2. The first kappa shape index (κ1) is 28.4. The Kier molecular flexibility index (Phi) is 8.03. The summed E-state index contributed by atoms with van der Waals surface area (Å²) in [6.07, 6.45) is 6.21. The van der Waals surface area contributed by atoms with Crippen LogP contribution in [-0.4, -0.2) is 87.8 Å². The molecule has 6 rings (SSSR count). The summed E-state index contributed by atoms with van der Waals surface area (Å²) in [4.78, 5) is 28.6. The van der Waals surface area contributed by atoms with Gasteiger partial charge >= 0.3 is 6.01 Å². The number of benzene rings is 1. The average molecular weight is 590 g/mol. The van der Waals surface area contributed by atoms with E-state index in [1.807, 2.05) is 19.2 Å². The summed E-state index contributed by atoms with van der Waals surface area (Å²) in [5.74, 6) is 0.632. The molecule has 2 N–H and O–H groups in total. The Morgan fingerprint density at radius 3 is 2.93 bits per heavy atom. The summed E-state index contributed by atoms with van der Waals surface area (Å²) in [6.45, 7) is 9.32. The van der Waals surface area contributed by atoms with Gasteiger partial charge in [-0.25, -0.2) is 0 Å². The molecule has 2 saturated heterocycles. The van der Waals surface area contributed by atoms with Gasteiger partial charge in [-0.3, -0.25) is 9.89 Å². The number of piperazine rings is 1. The van der Waals surface area contributed by atoms with Crippen LogP contribution < -0.4 is 15.0 Å². The highest BCUT2D eigenvalue weighted by molar-refractivity contribution is 6.33. The van der Waals surface area contributed by atoms with Crippen molar-refractivity contribution >= 4 is 34.2 Å². The van der Waals surface area contributed by atoms with Crippen molar-refractivity contribution in [2.24, 2.45) is 0 Å². The average Bonchev–Trinajstić information content (AvgIpc) is 3.63. The maximum atomic E-state index is 12.5. The van der Waals surface area contributed by atoms with Crippen LogP contribution in [0.5, 0.6) is 6.01 Å². The second-order valence-electron chi connectivity index (χ2n) is 11.4. The first-order valence-corrected chi connectivity index (χ1v) is 14.9. The van der Waals surface area contributed by atoms with E-state index in [1.165, 1.54) is 6.08 Å². The van der Waals surface area contributed by atoms with Crippen LogP contribution in [0.15, 0.2) is 24.9 Å². The van der Waals surface area contributed by atoms with E-state index in [4.69, 9.17) is 26.3 Å². The highest BCUT2D eigenvalue weighted by atomic mass is 35.5. The monoisotopic (exact) mass is 589 g/mol. The van der Waals surface area contributed by atoms with Gasteiger partial charge in [-0.1, -0.05) is 18.2 Å². The second-order valence-corrected chi connectivity index (χ2v) is 11.8. The Morgan fingerprint density at radius 2 is 2.17 bits per heavy atom. The molecule has 2 aromatic heterocycles. The van der Waals surface area contributed by atoms with Crippen LogP contribution in [0.2, 0.25) is 5.02 Å². The van der Waals surface area contributed by atoms with Crippen molar-refractivity contribution in [3.63, 3.8) is 0 Å². The van der Waals surface area contributed by atoms with E-state index >= 15 is 0 Å². The summed E-state index contributed by atoms with van der Waals surface area (Å²) in [5.41, 5.74) is 4.85. The van der Waals surface area contributed by atoms with E-state index in [2.05, 4.69) is 45.0 Å². The molecule has 11 nitrogen and oxygen atoms in total. The molecular formula is C30H36ClN9O2. The van der Waals surface area contributed by atoms with E-state index in [1.54, 1.807) is 4.90 Å². The van der Waals surface area contributed by atoms with Crippen molar-refractivity contribution in [1.29, 1.82) is 5.26 Å². The fourth-order valence-electron chi connectivity index (χ4n) is 6.53. The normalized spacial score (nSPS) is 22.7. The number of aryl methyl sites for hydroxylation is 1. The number of H-pyrrole nitrogens is 1. The molecule has 0 aliphatic carbocycles. The molecule has 3 atom stereocenters. The van der Waals surface area contributed by atoms with Gasteiger partial charge in [0.1, 0.15) is 12.4 Å². The number of aromatic nitrogens is 4. The molecule has 5 heterocycles. The molecule has 220 valence electrons. The number of aromatic amines is 1. The summed E-state index contributed by atoms with van der Waals surface area (Å²) in [6, 6.07) is 4.61. The molecular weight excluding hydrogens is 554 g/mol. The first-order chi connectivity index (χ1) is 20.4. The SMILES string of the molecule is C=CC(=O)N1CCN(c2nc(OC[C@@H]3CCCN3C)nc3c2CN[C@@H](c2c(Cl)c(C)cc4[nH]ncc24)C3)C[C@@H]1CC#N. The summed E-state index contributed by atoms with van der Waals surface area (Å²) < 4.78 is 6.27. The van der Waals surface area contributed by atoms with E-state index < -0.39 is 0 Å². The van der Waals surface area contributed by atoms with E-state index in [0.29, 0.717) is 51.3 Å². The molecule has 0 bridgehead atoms. The van der Waals surface area contributed by atoms with Crippen LogP contribution in [0.25, 0.3) is 10.9 Å². The van der Waals surface area contributed by atoms with Gasteiger partial charge in [-0.2, -0.15) is 20.3 Å². The van der Waals surface area contributed by atoms with Gasteiger partial charge in [0.2, 0.25) is 5.91 Å². The minimum atomic E-state index is -0.263. The second kappa shape index (κ2) is 11.9. The molecule has 0 spiro atoms. The third-order valence-electron chi connectivity index (χ3n) is 8.87. The number of nitriles is 1. The largest absolute Gasteiger partial charge is 0.462 e. The maximum Gasteiger partial charge on any atom is 0.318 e. The van der Waals surface area contributed by atoms with Crippen molar-refractivity contribution in [3.05, 3.63) is 52.3 Å². The molecule has 0 saturated carbocycles. The minimum Gasteiger partial charge on any atom is -0.462 e. The number of halogens is 1.